The van der Waals surface area contributed by atoms with Crippen molar-refractivity contribution in [1.29, 1.82) is 0 Å². The molecule has 1 N–H and O–H groups in total. The molecule has 40 heavy (non-hydrogen) atoms. The van der Waals surface area contributed by atoms with E-state index in [9.17, 15) is 14.0 Å². The van der Waals surface area contributed by atoms with E-state index in [4.69, 9.17) is 9.47 Å². The summed E-state index contributed by atoms with van der Waals surface area (Å²) < 4.78 is 24.9. The van der Waals surface area contributed by atoms with Gasteiger partial charge < -0.3 is 19.7 Å². The van der Waals surface area contributed by atoms with Gasteiger partial charge in [-0.15, -0.1) is 0 Å². The number of nitrogens with zero attached hydrogens (tertiary/aromatic N) is 2. The van der Waals surface area contributed by atoms with Gasteiger partial charge >= 0.3 is 6.09 Å². The van der Waals surface area contributed by atoms with Gasteiger partial charge in [-0.25, -0.2) is 14.2 Å². The molecule has 0 saturated heterocycles. The standard InChI is InChI=1S/C32H36FN3O4/c1-21(2)20-39-26-12-6-22(7-13-26)18-35-30-28(29(37)23-8-10-25(33)11-9-23)27(14-16-34-30)24-15-17-36(19-24)31(38)40-32(3,4)5/h6-16,21H,17-20H2,1-5H3,(H,34,35). The van der Waals surface area contributed by atoms with Crippen molar-refractivity contribution in [3.63, 3.8) is 0 Å². The molecule has 0 bridgehead atoms. The molecular formula is C32H36FN3O4. The molecular weight excluding hydrogens is 509 g/mol. The van der Waals surface area contributed by atoms with Gasteiger partial charge in [0.1, 0.15) is 23.0 Å². The van der Waals surface area contributed by atoms with E-state index in [1.807, 2.05) is 51.1 Å². The number of hydrogen-bond acceptors (Lipinski definition) is 6. The van der Waals surface area contributed by atoms with Gasteiger partial charge in [0.05, 0.1) is 12.2 Å². The van der Waals surface area contributed by atoms with Crippen molar-refractivity contribution in [3.8, 4) is 5.75 Å². The summed E-state index contributed by atoms with van der Waals surface area (Å²) in [6.45, 7) is 11.4. The molecule has 0 unspecified atom stereocenters. The van der Waals surface area contributed by atoms with Gasteiger partial charge in [0.25, 0.3) is 0 Å². The third-order valence-corrected chi connectivity index (χ3v) is 6.17. The highest BCUT2D eigenvalue weighted by Gasteiger charge is 2.29. The highest BCUT2D eigenvalue weighted by atomic mass is 19.1. The third kappa shape index (κ3) is 7.46. The molecule has 0 atom stereocenters. The average Bonchev–Trinajstić information content (AvgIpc) is 3.41. The van der Waals surface area contributed by atoms with E-state index < -0.39 is 17.5 Å². The molecule has 4 rings (SSSR count). The molecule has 2 aromatic carbocycles. The van der Waals surface area contributed by atoms with Crippen molar-refractivity contribution in [2.75, 3.05) is 25.0 Å². The van der Waals surface area contributed by atoms with Crippen molar-refractivity contribution in [3.05, 3.63) is 94.9 Å². The minimum atomic E-state index is -0.615. The van der Waals surface area contributed by atoms with E-state index in [-0.39, 0.29) is 5.78 Å². The molecule has 0 spiro atoms. The molecule has 1 aliphatic heterocycles. The van der Waals surface area contributed by atoms with Crippen LogP contribution in [0.25, 0.3) is 5.57 Å². The zero-order valence-corrected chi connectivity index (χ0v) is 23.7. The summed E-state index contributed by atoms with van der Waals surface area (Å²) in [4.78, 5) is 32.5. The fraction of sp³-hybridized carbons (Fsp3) is 0.344. The number of carbonyl (C=O) groups excluding carboxylic acids is 2. The van der Waals surface area contributed by atoms with E-state index in [1.54, 1.807) is 17.2 Å². The number of rotatable bonds is 9. The van der Waals surface area contributed by atoms with Crippen LogP contribution in [-0.4, -0.2) is 47.1 Å². The molecule has 1 aliphatic rings. The Morgan fingerprint density at radius 3 is 2.40 bits per heavy atom. The molecule has 3 aromatic rings. The number of amides is 1. The molecule has 0 radical (unpaired) electrons. The van der Waals surface area contributed by atoms with Crippen LogP contribution in [-0.2, 0) is 11.3 Å². The number of ether oxygens (including phenoxy) is 2. The third-order valence-electron chi connectivity index (χ3n) is 6.17. The number of hydrogen-bond donors (Lipinski definition) is 1. The first-order chi connectivity index (χ1) is 19.0. The quantitative estimate of drug-likeness (QED) is 0.300. The number of anilines is 1. The molecule has 1 amide bonds. The number of nitrogens with one attached hydrogen (secondary N) is 1. The fourth-order valence-corrected chi connectivity index (χ4v) is 4.21. The van der Waals surface area contributed by atoms with Gasteiger partial charge in [-0.2, -0.15) is 0 Å². The Hall–Kier alpha value is -4.20. The molecule has 1 aromatic heterocycles. The van der Waals surface area contributed by atoms with Gasteiger partial charge in [0.2, 0.25) is 0 Å². The first-order valence-corrected chi connectivity index (χ1v) is 13.4. The Morgan fingerprint density at radius 2 is 1.75 bits per heavy atom. The van der Waals surface area contributed by atoms with Gasteiger partial charge in [0, 0.05) is 31.4 Å². The van der Waals surface area contributed by atoms with E-state index in [2.05, 4.69) is 24.1 Å². The lowest BCUT2D eigenvalue weighted by molar-refractivity contribution is 0.0306. The lowest BCUT2D eigenvalue weighted by Gasteiger charge is -2.24. The summed E-state index contributed by atoms with van der Waals surface area (Å²) in [5.41, 5.74) is 2.55. The van der Waals surface area contributed by atoms with Crippen molar-refractivity contribution >= 4 is 23.3 Å². The number of pyridine rings is 1. The van der Waals surface area contributed by atoms with Crippen LogP contribution in [0.2, 0.25) is 0 Å². The largest absolute Gasteiger partial charge is 0.493 e. The summed E-state index contributed by atoms with van der Waals surface area (Å²) in [7, 11) is 0. The fourth-order valence-electron chi connectivity index (χ4n) is 4.21. The Bertz CT molecular complexity index is 1380. The summed E-state index contributed by atoms with van der Waals surface area (Å²) >= 11 is 0. The zero-order valence-electron chi connectivity index (χ0n) is 23.7. The van der Waals surface area contributed by atoms with Crippen molar-refractivity contribution < 1.29 is 23.5 Å². The predicted octanol–water partition coefficient (Wildman–Crippen LogP) is 6.73. The minimum Gasteiger partial charge on any atom is -0.493 e. The summed E-state index contributed by atoms with van der Waals surface area (Å²) in [6.07, 6.45) is 3.14. The highest BCUT2D eigenvalue weighted by Crippen LogP contribution is 2.31. The zero-order chi connectivity index (χ0) is 28.9. The first-order valence-electron chi connectivity index (χ1n) is 13.4. The number of halogens is 1. The maximum atomic E-state index is 13.8. The summed E-state index contributed by atoms with van der Waals surface area (Å²) in [6, 6.07) is 15.0. The molecule has 0 aliphatic carbocycles. The molecule has 0 fully saturated rings. The summed E-state index contributed by atoms with van der Waals surface area (Å²) in [5.74, 6) is 0.923. The van der Waals surface area contributed by atoms with Crippen LogP contribution in [0, 0.1) is 11.7 Å². The van der Waals surface area contributed by atoms with Crippen LogP contribution >= 0.6 is 0 Å². The minimum absolute atomic E-state index is 0.292. The Balaban J connectivity index is 1.60. The highest BCUT2D eigenvalue weighted by molar-refractivity contribution is 6.14. The number of benzene rings is 2. The average molecular weight is 546 g/mol. The van der Waals surface area contributed by atoms with Crippen LogP contribution in [0.4, 0.5) is 15.0 Å². The van der Waals surface area contributed by atoms with Gasteiger partial charge in [-0.1, -0.05) is 32.1 Å². The maximum absolute atomic E-state index is 13.8. The maximum Gasteiger partial charge on any atom is 0.410 e. The topological polar surface area (TPSA) is 80.8 Å². The lowest BCUT2D eigenvalue weighted by Crippen LogP contribution is -2.35. The van der Waals surface area contributed by atoms with Crippen LogP contribution in [0.5, 0.6) is 5.75 Å². The summed E-state index contributed by atoms with van der Waals surface area (Å²) in [5, 5.41) is 3.31. The SMILES string of the molecule is CC(C)COc1ccc(CNc2nccc(C3=CCN(C(=O)OC(C)(C)C)C3)c2C(=O)c2ccc(F)cc2)cc1. The smallest absolute Gasteiger partial charge is 0.410 e. The van der Waals surface area contributed by atoms with Crippen molar-refractivity contribution in [1.82, 2.24) is 9.88 Å². The lowest BCUT2D eigenvalue weighted by atomic mass is 9.94. The van der Waals surface area contributed by atoms with E-state index in [1.165, 1.54) is 24.3 Å². The second kappa shape index (κ2) is 12.3. The van der Waals surface area contributed by atoms with Crippen LogP contribution in [0.1, 0.15) is 61.7 Å². The second-order valence-electron chi connectivity index (χ2n) is 11.2. The normalized spacial score (nSPS) is 13.3. The van der Waals surface area contributed by atoms with Crippen molar-refractivity contribution in [2.24, 2.45) is 5.92 Å². The molecule has 7 nitrogen and oxygen atoms in total. The molecule has 210 valence electrons. The van der Waals surface area contributed by atoms with E-state index >= 15 is 0 Å². The van der Waals surface area contributed by atoms with Crippen LogP contribution in [0.15, 0.2) is 66.9 Å². The van der Waals surface area contributed by atoms with E-state index in [0.717, 1.165) is 16.9 Å². The van der Waals surface area contributed by atoms with Gasteiger partial charge in [-0.05, 0) is 85.9 Å². The van der Waals surface area contributed by atoms with Gasteiger partial charge in [0.15, 0.2) is 5.78 Å². The molecule has 2 heterocycles. The van der Waals surface area contributed by atoms with Crippen molar-refractivity contribution in [2.45, 2.75) is 46.8 Å². The number of aromatic nitrogens is 1. The van der Waals surface area contributed by atoms with Crippen LogP contribution in [0.3, 0.4) is 0 Å². The monoisotopic (exact) mass is 545 g/mol. The first kappa shape index (κ1) is 28.8. The van der Waals surface area contributed by atoms with Crippen LogP contribution < -0.4 is 10.1 Å². The van der Waals surface area contributed by atoms with Gasteiger partial charge in [-0.3, -0.25) is 4.79 Å². The van der Waals surface area contributed by atoms with E-state index in [0.29, 0.717) is 54.7 Å². The Labute approximate surface area is 235 Å². The molecule has 0 saturated carbocycles. The Morgan fingerprint density at radius 1 is 1.05 bits per heavy atom. The number of carbonyl (C=O) groups is 2. The molecule has 8 heteroatoms. The Kier molecular flexibility index (Phi) is 8.87. The predicted molar refractivity (Wildman–Crippen MR) is 154 cm³/mol. The number of ketones is 1. The second-order valence-corrected chi connectivity index (χ2v) is 11.2.